The van der Waals surface area contributed by atoms with Crippen molar-refractivity contribution >= 4 is 5.95 Å². The van der Waals surface area contributed by atoms with E-state index in [4.69, 9.17) is 9.26 Å². The molecule has 6 heteroatoms. The number of rotatable bonds is 5. The number of aromatic nitrogens is 3. The van der Waals surface area contributed by atoms with Crippen molar-refractivity contribution in [2.24, 2.45) is 0 Å². The van der Waals surface area contributed by atoms with Gasteiger partial charge >= 0.3 is 0 Å². The van der Waals surface area contributed by atoms with Crippen LogP contribution in [0.15, 0.2) is 16.8 Å². The molecular formula is C12H16N4O2. The van der Waals surface area contributed by atoms with Crippen LogP contribution < -0.4 is 10.1 Å². The molecule has 96 valence electrons. The van der Waals surface area contributed by atoms with Gasteiger partial charge in [0.25, 0.3) is 0 Å². The molecule has 2 aromatic heterocycles. The van der Waals surface area contributed by atoms with E-state index in [1.807, 2.05) is 20.8 Å². The first-order valence-electron chi connectivity index (χ1n) is 5.82. The van der Waals surface area contributed by atoms with Crippen molar-refractivity contribution in [3.8, 4) is 5.88 Å². The molecule has 0 aromatic carbocycles. The van der Waals surface area contributed by atoms with E-state index in [1.165, 1.54) is 0 Å². The van der Waals surface area contributed by atoms with Crippen molar-refractivity contribution < 1.29 is 9.26 Å². The summed E-state index contributed by atoms with van der Waals surface area (Å²) in [5.74, 6) is 1.90. The average Bonchev–Trinajstić information content (AvgIpc) is 2.68. The normalized spacial score (nSPS) is 10.4. The molecule has 0 radical (unpaired) electrons. The van der Waals surface area contributed by atoms with Gasteiger partial charge in [-0.1, -0.05) is 5.16 Å². The number of nitrogens with zero attached hydrogens (tertiary/aromatic N) is 3. The molecule has 1 N–H and O–H groups in total. The third-order valence-corrected chi connectivity index (χ3v) is 2.53. The molecule has 0 atom stereocenters. The van der Waals surface area contributed by atoms with E-state index in [-0.39, 0.29) is 0 Å². The molecule has 0 fully saturated rings. The Morgan fingerprint density at radius 1 is 1.39 bits per heavy atom. The Bertz CT molecular complexity index is 505. The zero-order valence-corrected chi connectivity index (χ0v) is 10.7. The molecule has 2 heterocycles. The van der Waals surface area contributed by atoms with Crippen molar-refractivity contribution in [1.29, 1.82) is 0 Å². The minimum absolute atomic E-state index is 0.529. The average molecular weight is 248 g/mol. The van der Waals surface area contributed by atoms with Gasteiger partial charge in [-0.05, 0) is 20.8 Å². The molecular weight excluding hydrogens is 232 g/mol. The fourth-order valence-corrected chi connectivity index (χ4v) is 1.58. The summed E-state index contributed by atoms with van der Waals surface area (Å²) in [4.78, 5) is 8.35. The van der Waals surface area contributed by atoms with Crippen molar-refractivity contribution in [2.75, 3.05) is 11.9 Å². The molecule has 6 nitrogen and oxygen atoms in total. The predicted molar refractivity (Wildman–Crippen MR) is 66.5 cm³/mol. The molecule has 0 unspecified atom stereocenters. The maximum absolute atomic E-state index is 5.31. The van der Waals surface area contributed by atoms with Gasteiger partial charge in [-0.3, -0.25) is 0 Å². The first-order valence-corrected chi connectivity index (χ1v) is 5.82. The van der Waals surface area contributed by atoms with Crippen LogP contribution in [-0.2, 0) is 6.54 Å². The van der Waals surface area contributed by atoms with E-state index in [2.05, 4.69) is 20.4 Å². The second-order valence-corrected chi connectivity index (χ2v) is 3.81. The van der Waals surface area contributed by atoms with Crippen LogP contribution in [0.4, 0.5) is 5.95 Å². The summed E-state index contributed by atoms with van der Waals surface area (Å²) in [5.41, 5.74) is 1.90. The third-order valence-electron chi connectivity index (χ3n) is 2.53. The van der Waals surface area contributed by atoms with Crippen molar-refractivity contribution in [1.82, 2.24) is 15.1 Å². The van der Waals surface area contributed by atoms with E-state index >= 15 is 0 Å². The van der Waals surface area contributed by atoms with Crippen LogP contribution in [0.25, 0.3) is 0 Å². The van der Waals surface area contributed by atoms with Gasteiger partial charge < -0.3 is 14.6 Å². The maximum Gasteiger partial charge on any atom is 0.226 e. The highest BCUT2D eigenvalue weighted by Crippen LogP contribution is 2.14. The predicted octanol–water partition coefficient (Wildman–Crippen LogP) is 2.09. The van der Waals surface area contributed by atoms with E-state index in [1.54, 1.807) is 12.3 Å². The molecule has 0 amide bonds. The smallest absolute Gasteiger partial charge is 0.226 e. The van der Waals surface area contributed by atoms with E-state index in [9.17, 15) is 0 Å². The zero-order valence-electron chi connectivity index (χ0n) is 10.7. The van der Waals surface area contributed by atoms with E-state index in [0.717, 1.165) is 17.0 Å². The number of nitrogens with one attached hydrogen (secondary N) is 1. The molecule has 0 saturated heterocycles. The Balaban J connectivity index is 2.04. The summed E-state index contributed by atoms with van der Waals surface area (Å²) in [6.45, 7) is 6.87. The summed E-state index contributed by atoms with van der Waals surface area (Å²) in [6, 6.07) is 1.73. The highest BCUT2D eigenvalue weighted by Gasteiger charge is 2.09. The largest absolute Gasteiger partial charge is 0.478 e. The molecule has 0 aliphatic carbocycles. The third kappa shape index (κ3) is 2.77. The van der Waals surface area contributed by atoms with Gasteiger partial charge in [0.05, 0.1) is 12.3 Å². The Morgan fingerprint density at radius 3 is 2.89 bits per heavy atom. The van der Waals surface area contributed by atoms with Gasteiger partial charge in [0.1, 0.15) is 5.76 Å². The Morgan fingerprint density at radius 2 is 2.22 bits per heavy atom. The van der Waals surface area contributed by atoms with Crippen molar-refractivity contribution in [3.63, 3.8) is 0 Å². The lowest BCUT2D eigenvalue weighted by Crippen LogP contribution is -2.06. The molecule has 2 aromatic rings. The molecule has 0 aliphatic rings. The Labute approximate surface area is 105 Å². The lowest BCUT2D eigenvalue weighted by Gasteiger charge is -2.06. The number of anilines is 1. The van der Waals surface area contributed by atoms with E-state index < -0.39 is 0 Å². The monoisotopic (exact) mass is 248 g/mol. The number of hydrogen-bond acceptors (Lipinski definition) is 6. The zero-order chi connectivity index (χ0) is 13.0. The fraction of sp³-hybridized carbons (Fsp3) is 0.417. The Kier molecular flexibility index (Phi) is 3.76. The summed E-state index contributed by atoms with van der Waals surface area (Å²) in [7, 11) is 0. The highest BCUT2D eigenvalue weighted by atomic mass is 16.5. The van der Waals surface area contributed by atoms with Crippen LogP contribution in [-0.4, -0.2) is 21.7 Å². The quantitative estimate of drug-likeness (QED) is 0.873. The maximum atomic E-state index is 5.31. The number of hydrogen-bond donors (Lipinski definition) is 1. The van der Waals surface area contributed by atoms with Crippen LogP contribution in [0, 0.1) is 13.8 Å². The van der Waals surface area contributed by atoms with Gasteiger partial charge in [0.15, 0.2) is 0 Å². The molecule has 18 heavy (non-hydrogen) atoms. The minimum atomic E-state index is 0.529. The molecule has 2 rings (SSSR count). The van der Waals surface area contributed by atoms with Gasteiger partial charge in [0.2, 0.25) is 11.8 Å². The minimum Gasteiger partial charge on any atom is -0.478 e. The second-order valence-electron chi connectivity index (χ2n) is 3.81. The van der Waals surface area contributed by atoms with Crippen molar-refractivity contribution in [3.05, 3.63) is 29.3 Å². The molecule has 0 bridgehead atoms. The van der Waals surface area contributed by atoms with Crippen LogP contribution in [0.1, 0.15) is 23.9 Å². The standard InChI is InChI=1S/C12H16N4O2/c1-4-17-11-5-6-13-12(15-11)14-7-10-8(2)16-18-9(10)3/h5-6H,4,7H2,1-3H3,(H,13,14,15). The summed E-state index contributed by atoms with van der Waals surface area (Å²) in [5, 5.41) is 7.02. The number of aryl methyl sites for hydroxylation is 2. The van der Waals surface area contributed by atoms with Crippen molar-refractivity contribution in [2.45, 2.75) is 27.3 Å². The molecule has 0 aliphatic heterocycles. The van der Waals surface area contributed by atoms with Crippen LogP contribution in [0.5, 0.6) is 5.88 Å². The van der Waals surface area contributed by atoms with E-state index in [0.29, 0.717) is 25.0 Å². The highest BCUT2D eigenvalue weighted by molar-refractivity contribution is 5.31. The molecule has 0 saturated carbocycles. The first kappa shape index (κ1) is 12.3. The fourth-order valence-electron chi connectivity index (χ4n) is 1.58. The number of ether oxygens (including phenoxy) is 1. The van der Waals surface area contributed by atoms with Gasteiger partial charge in [-0.2, -0.15) is 4.98 Å². The van der Waals surface area contributed by atoms with Gasteiger partial charge in [-0.25, -0.2) is 4.98 Å². The Hall–Kier alpha value is -2.11. The summed E-state index contributed by atoms with van der Waals surface area (Å²) in [6.07, 6.45) is 1.66. The topological polar surface area (TPSA) is 73.1 Å². The first-order chi connectivity index (χ1) is 8.70. The van der Waals surface area contributed by atoms with Gasteiger partial charge in [0, 0.05) is 24.4 Å². The second kappa shape index (κ2) is 5.48. The lowest BCUT2D eigenvalue weighted by atomic mass is 10.2. The van der Waals surface area contributed by atoms with Gasteiger partial charge in [-0.15, -0.1) is 0 Å². The molecule has 0 spiro atoms. The summed E-state index contributed by atoms with van der Waals surface area (Å²) < 4.78 is 10.4. The summed E-state index contributed by atoms with van der Waals surface area (Å²) >= 11 is 0. The lowest BCUT2D eigenvalue weighted by molar-refractivity contribution is 0.326. The van der Waals surface area contributed by atoms with Crippen LogP contribution in [0.2, 0.25) is 0 Å². The van der Waals surface area contributed by atoms with Crippen LogP contribution >= 0.6 is 0 Å². The SMILES string of the molecule is CCOc1ccnc(NCc2c(C)noc2C)n1. The van der Waals surface area contributed by atoms with Crippen LogP contribution in [0.3, 0.4) is 0 Å².